The minimum atomic E-state index is 0.0402. The molecule has 0 aliphatic rings. The second-order valence-corrected chi connectivity index (χ2v) is 7.30. The molecule has 1 atom stereocenters. The molecule has 1 heterocycles. The average Bonchev–Trinajstić information content (AvgIpc) is 2.61. The summed E-state index contributed by atoms with van der Waals surface area (Å²) in [4.78, 5) is 11.7. The average molecular weight is 355 g/mol. The maximum atomic E-state index is 11.7. The molecular formula is C10H14INOS2. The van der Waals surface area contributed by atoms with Crippen LogP contribution in [0.4, 0.5) is 0 Å². The molecule has 0 radical (unpaired) electrons. The van der Waals surface area contributed by atoms with Crippen LogP contribution in [-0.4, -0.2) is 23.5 Å². The van der Waals surface area contributed by atoms with Crippen molar-refractivity contribution >= 4 is 51.6 Å². The summed E-state index contributed by atoms with van der Waals surface area (Å²) in [5.41, 5.74) is 0.776. The van der Waals surface area contributed by atoms with Crippen molar-refractivity contribution < 1.29 is 4.79 Å². The van der Waals surface area contributed by atoms with Crippen molar-refractivity contribution in [3.05, 3.63) is 19.9 Å². The third-order valence-corrected chi connectivity index (χ3v) is 4.71. The topological polar surface area (TPSA) is 29.1 Å². The van der Waals surface area contributed by atoms with Gasteiger partial charge in [-0.25, -0.2) is 0 Å². The molecule has 1 aromatic rings. The Hall–Kier alpha value is 0.250. The van der Waals surface area contributed by atoms with Gasteiger partial charge in [-0.05, 0) is 41.3 Å². The van der Waals surface area contributed by atoms with E-state index in [4.69, 9.17) is 0 Å². The number of halogens is 1. The van der Waals surface area contributed by atoms with Crippen LogP contribution in [-0.2, 0) is 0 Å². The molecule has 0 aliphatic carbocycles. The Kier molecular flexibility index (Phi) is 5.99. The third kappa shape index (κ3) is 4.74. The van der Waals surface area contributed by atoms with Crippen LogP contribution < -0.4 is 5.32 Å². The molecule has 0 bridgehead atoms. The number of thiophene rings is 1. The molecule has 5 heteroatoms. The summed E-state index contributed by atoms with van der Waals surface area (Å²) in [6, 6.07) is 2.15. The van der Waals surface area contributed by atoms with Gasteiger partial charge in [0.05, 0.1) is 8.45 Å². The molecule has 84 valence electrons. The molecule has 1 N–H and O–H groups in total. The quantitative estimate of drug-likeness (QED) is 0.822. The number of amides is 1. The zero-order chi connectivity index (χ0) is 11.3. The van der Waals surface area contributed by atoms with Gasteiger partial charge in [-0.3, -0.25) is 4.79 Å². The van der Waals surface area contributed by atoms with E-state index in [1.807, 2.05) is 30.1 Å². The SMILES string of the molecule is CCSCC(C)NC(=O)c1csc(I)c1. The van der Waals surface area contributed by atoms with E-state index >= 15 is 0 Å². The first-order valence-corrected chi connectivity index (χ1v) is 7.87. The van der Waals surface area contributed by atoms with Gasteiger partial charge in [0, 0.05) is 17.2 Å². The van der Waals surface area contributed by atoms with Crippen molar-refractivity contribution in [1.29, 1.82) is 0 Å². The predicted octanol–water partition coefficient (Wildman–Crippen LogP) is 3.22. The number of nitrogens with one attached hydrogen (secondary N) is 1. The van der Waals surface area contributed by atoms with E-state index in [-0.39, 0.29) is 11.9 Å². The number of thioether (sulfide) groups is 1. The van der Waals surface area contributed by atoms with Gasteiger partial charge >= 0.3 is 0 Å². The first-order chi connectivity index (χ1) is 7.13. The molecule has 0 aromatic carbocycles. The van der Waals surface area contributed by atoms with Gasteiger partial charge in [0.2, 0.25) is 0 Å². The van der Waals surface area contributed by atoms with Crippen molar-refractivity contribution in [2.24, 2.45) is 0 Å². The molecule has 15 heavy (non-hydrogen) atoms. The second kappa shape index (κ2) is 6.75. The second-order valence-electron chi connectivity index (χ2n) is 3.17. The van der Waals surface area contributed by atoms with Gasteiger partial charge in [0.1, 0.15) is 0 Å². The van der Waals surface area contributed by atoms with Crippen LogP contribution in [0.1, 0.15) is 24.2 Å². The van der Waals surface area contributed by atoms with Gasteiger partial charge in [-0.15, -0.1) is 11.3 Å². The monoisotopic (exact) mass is 355 g/mol. The Morgan fingerprint density at radius 3 is 3.00 bits per heavy atom. The van der Waals surface area contributed by atoms with Crippen molar-refractivity contribution in [2.75, 3.05) is 11.5 Å². The Bertz CT molecular complexity index is 327. The molecule has 0 spiro atoms. The van der Waals surface area contributed by atoms with Gasteiger partial charge in [0.25, 0.3) is 5.91 Å². The lowest BCUT2D eigenvalue weighted by atomic mass is 10.3. The van der Waals surface area contributed by atoms with Crippen LogP contribution in [0.15, 0.2) is 11.4 Å². The number of rotatable bonds is 5. The largest absolute Gasteiger partial charge is 0.349 e. The number of hydrogen-bond acceptors (Lipinski definition) is 3. The molecule has 2 nitrogen and oxygen atoms in total. The van der Waals surface area contributed by atoms with E-state index in [2.05, 4.69) is 34.8 Å². The van der Waals surface area contributed by atoms with Gasteiger partial charge in [-0.1, -0.05) is 6.92 Å². The molecular weight excluding hydrogens is 341 g/mol. The van der Waals surface area contributed by atoms with Crippen molar-refractivity contribution in [1.82, 2.24) is 5.32 Å². The fraction of sp³-hybridized carbons (Fsp3) is 0.500. The molecule has 0 fully saturated rings. The Morgan fingerprint density at radius 1 is 1.73 bits per heavy atom. The minimum Gasteiger partial charge on any atom is -0.349 e. The van der Waals surface area contributed by atoms with Crippen molar-refractivity contribution in [2.45, 2.75) is 19.9 Å². The molecule has 0 saturated carbocycles. The van der Waals surface area contributed by atoms with E-state index in [0.717, 1.165) is 20.0 Å². The molecule has 0 aliphatic heterocycles. The highest BCUT2D eigenvalue weighted by Gasteiger charge is 2.10. The van der Waals surface area contributed by atoms with Crippen LogP contribution in [0.25, 0.3) is 0 Å². The smallest absolute Gasteiger partial charge is 0.252 e. The Morgan fingerprint density at radius 2 is 2.47 bits per heavy atom. The van der Waals surface area contributed by atoms with Crippen LogP contribution in [0.5, 0.6) is 0 Å². The zero-order valence-electron chi connectivity index (χ0n) is 8.75. The molecule has 1 unspecified atom stereocenters. The molecule has 1 rings (SSSR count). The lowest BCUT2D eigenvalue weighted by Gasteiger charge is -2.12. The molecule has 0 saturated heterocycles. The Labute approximate surface area is 112 Å². The van der Waals surface area contributed by atoms with Crippen molar-refractivity contribution in [3.63, 3.8) is 0 Å². The number of hydrogen-bond donors (Lipinski definition) is 1. The van der Waals surface area contributed by atoms with Crippen LogP contribution >= 0.6 is 45.7 Å². The number of carbonyl (C=O) groups is 1. The zero-order valence-corrected chi connectivity index (χ0v) is 12.5. The van der Waals surface area contributed by atoms with E-state index in [1.54, 1.807) is 11.3 Å². The number of carbonyl (C=O) groups excluding carboxylic acids is 1. The summed E-state index contributed by atoms with van der Waals surface area (Å²) in [5, 5.41) is 4.89. The van der Waals surface area contributed by atoms with Gasteiger partial charge in [-0.2, -0.15) is 11.8 Å². The van der Waals surface area contributed by atoms with E-state index < -0.39 is 0 Å². The minimum absolute atomic E-state index is 0.0402. The summed E-state index contributed by atoms with van der Waals surface area (Å²) < 4.78 is 1.15. The third-order valence-electron chi connectivity index (χ3n) is 1.78. The lowest BCUT2D eigenvalue weighted by Crippen LogP contribution is -2.34. The molecule has 1 amide bonds. The normalized spacial score (nSPS) is 12.5. The van der Waals surface area contributed by atoms with Crippen LogP contribution in [0.3, 0.4) is 0 Å². The predicted molar refractivity (Wildman–Crippen MR) is 77.0 cm³/mol. The first kappa shape index (κ1) is 13.3. The highest BCUT2D eigenvalue weighted by molar-refractivity contribution is 14.1. The maximum absolute atomic E-state index is 11.7. The lowest BCUT2D eigenvalue weighted by molar-refractivity contribution is 0.0944. The summed E-state index contributed by atoms with van der Waals surface area (Å²) >= 11 is 5.67. The Balaban J connectivity index is 2.42. The van der Waals surface area contributed by atoms with Gasteiger partial charge in [0.15, 0.2) is 0 Å². The van der Waals surface area contributed by atoms with Crippen molar-refractivity contribution in [3.8, 4) is 0 Å². The van der Waals surface area contributed by atoms with Crippen LogP contribution in [0, 0.1) is 2.88 Å². The summed E-state index contributed by atoms with van der Waals surface area (Å²) in [6.45, 7) is 4.17. The summed E-state index contributed by atoms with van der Waals surface area (Å²) in [7, 11) is 0. The fourth-order valence-electron chi connectivity index (χ4n) is 1.07. The fourth-order valence-corrected chi connectivity index (χ4v) is 3.07. The highest BCUT2D eigenvalue weighted by Crippen LogP contribution is 2.16. The van der Waals surface area contributed by atoms with Crippen LogP contribution in [0.2, 0.25) is 0 Å². The maximum Gasteiger partial charge on any atom is 0.252 e. The van der Waals surface area contributed by atoms with E-state index in [1.165, 1.54) is 0 Å². The van der Waals surface area contributed by atoms with E-state index in [9.17, 15) is 4.79 Å². The summed E-state index contributed by atoms with van der Waals surface area (Å²) in [5.74, 6) is 2.11. The van der Waals surface area contributed by atoms with Gasteiger partial charge < -0.3 is 5.32 Å². The first-order valence-electron chi connectivity index (χ1n) is 4.76. The standard InChI is InChI=1S/C10H14INOS2/c1-3-14-5-7(2)12-10(13)8-4-9(11)15-6-8/h4,6-7H,3,5H2,1-2H3,(H,12,13). The molecule has 1 aromatic heterocycles. The van der Waals surface area contributed by atoms with E-state index in [0.29, 0.717) is 0 Å². The highest BCUT2D eigenvalue weighted by atomic mass is 127. The summed E-state index contributed by atoms with van der Waals surface area (Å²) in [6.07, 6.45) is 0.